The van der Waals surface area contributed by atoms with Crippen LogP contribution in [0.5, 0.6) is 0 Å². The first-order valence-corrected chi connectivity index (χ1v) is 8.42. The molecule has 0 spiro atoms. The van der Waals surface area contributed by atoms with Crippen LogP contribution in [0.1, 0.15) is 33.1 Å². The monoisotopic (exact) mass is 303 g/mol. The number of hydrogen-bond donors (Lipinski definition) is 1. The second kappa shape index (κ2) is 7.52. The zero-order valence-corrected chi connectivity index (χ0v) is 13.1. The number of primary amides is 1. The van der Waals surface area contributed by atoms with Crippen LogP contribution in [0.4, 0.5) is 4.79 Å². The van der Waals surface area contributed by atoms with Crippen molar-refractivity contribution in [1.29, 1.82) is 0 Å². The number of carbonyl (C=O) groups is 1. The Bertz CT molecular complexity index is 320. The van der Waals surface area contributed by atoms with E-state index in [4.69, 9.17) is 19.9 Å². The SMILES string of the molecule is CC(C)SC[C@H]1CC(C2OCCO2)CC[C@@H]1OC(N)=O. The van der Waals surface area contributed by atoms with Gasteiger partial charge in [-0.15, -0.1) is 0 Å². The van der Waals surface area contributed by atoms with Crippen molar-refractivity contribution in [2.75, 3.05) is 19.0 Å². The number of amides is 1. The van der Waals surface area contributed by atoms with Crippen LogP contribution in [0.15, 0.2) is 0 Å². The fourth-order valence-corrected chi connectivity index (χ4v) is 3.95. The topological polar surface area (TPSA) is 70.8 Å². The molecule has 20 heavy (non-hydrogen) atoms. The van der Waals surface area contributed by atoms with Gasteiger partial charge in [0.05, 0.1) is 13.2 Å². The Morgan fingerprint density at radius 2 is 2.05 bits per heavy atom. The third-order valence-electron chi connectivity index (χ3n) is 3.90. The molecule has 1 heterocycles. The molecule has 0 aromatic heterocycles. The van der Waals surface area contributed by atoms with Gasteiger partial charge in [0.25, 0.3) is 0 Å². The van der Waals surface area contributed by atoms with Crippen LogP contribution in [0.3, 0.4) is 0 Å². The summed E-state index contributed by atoms with van der Waals surface area (Å²) in [6.45, 7) is 5.73. The quantitative estimate of drug-likeness (QED) is 0.844. The highest BCUT2D eigenvalue weighted by atomic mass is 32.2. The number of hydrogen-bond acceptors (Lipinski definition) is 5. The normalized spacial score (nSPS) is 31.6. The Labute approximate surface area is 124 Å². The summed E-state index contributed by atoms with van der Waals surface area (Å²) < 4.78 is 16.5. The Hall–Kier alpha value is -0.460. The summed E-state index contributed by atoms with van der Waals surface area (Å²) in [7, 11) is 0. The van der Waals surface area contributed by atoms with Crippen molar-refractivity contribution in [2.45, 2.75) is 50.8 Å². The maximum atomic E-state index is 11.0. The summed E-state index contributed by atoms with van der Waals surface area (Å²) in [5.74, 6) is 1.73. The van der Waals surface area contributed by atoms with Crippen LogP contribution in [0.2, 0.25) is 0 Å². The predicted molar refractivity (Wildman–Crippen MR) is 78.6 cm³/mol. The second-order valence-corrected chi connectivity index (χ2v) is 7.41. The van der Waals surface area contributed by atoms with Gasteiger partial charge in [0.1, 0.15) is 6.10 Å². The molecule has 2 rings (SSSR count). The minimum atomic E-state index is -0.665. The van der Waals surface area contributed by atoms with Crippen LogP contribution >= 0.6 is 11.8 Å². The highest BCUT2D eigenvalue weighted by Crippen LogP contribution is 2.37. The number of thioether (sulfide) groups is 1. The number of nitrogens with two attached hydrogens (primary N) is 1. The molecule has 1 saturated carbocycles. The molecular weight excluding hydrogens is 278 g/mol. The smallest absolute Gasteiger partial charge is 0.404 e. The molecule has 0 aromatic carbocycles. The van der Waals surface area contributed by atoms with E-state index in [9.17, 15) is 4.79 Å². The van der Waals surface area contributed by atoms with Gasteiger partial charge in [0.15, 0.2) is 6.29 Å². The van der Waals surface area contributed by atoms with E-state index in [1.54, 1.807) is 0 Å². The fourth-order valence-electron chi connectivity index (χ4n) is 2.96. The molecule has 1 aliphatic carbocycles. The number of ether oxygens (including phenoxy) is 3. The van der Waals surface area contributed by atoms with Crippen LogP contribution in [-0.4, -0.2) is 42.7 Å². The van der Waals surface area contributed by atoms with Gasteiger partial charge in [-0.2, -0.15) is 11.8 Å². The maximum absolute atomic E-state index is 11.0. The Morgan fingerprint density at radius 1 is 1.35 bits per heavy atom. The lowest BCUT2D eigenvalue weighted by Gasteiger charge is -2.37. The summed E-state index contributed by atoms with van der Waals surface area (Å²) in [4.78, 5) is 11.0. The second-order valence-electron chi connectivity index (χ2n) is 5.80. The molecule has 3 atom stereocenters. The first-order chi connectivity index (χ1) is 9.56. The molecule has 0 radical (unpaired) electrons. The zero-order chi connectivity index (χ0) is 14.5. The van der Waals surface area contributed by atoms with E-state index in [1.165, 1.54) is 0 Å². The third kappa shape index (κ3) is 4.53. The van der Waals surface area contributed by atoms with Gasteiger partial charge in [0, 0.05) is 11.8 Å². The molecule has 1 amide bonds. The van der Waals surface area contributed by atoms with Gasteiger partial charge in [-0.05, 0) is 30.3 Å². The van der Waals surface area contributed by atoms with E-state index >= 15 is 0 Å². The van der Waals surface area contributed by atoms with Gasteiger partial charge >= 0.3 is 6.09 Å². The van der Waals surface area contributed by atoms with Gasteiger partial charge in [-0.1, -0.05) is 13.8 Å². The highest BCUT2D eigenvalue weighted by molar-refractivity contribution is 7.99. The van der Waals surface area contributed by atoms with E-state index in [1.807, 2.05) is 11.8 Å². The molecule has 5 nitrogen and oxygen atoms in total. The van der Waals surface area contributed by atoms with E-state index in [2.05, 4.69) is 13.8 Å². The third-order valence-corrected chi connectivity index (χ3v) is 5.18. The predicted octanol–water partition coefficient (Wildman–Crippen LogP) is 2.38. The average Bonchev–Trinajstić information content (AvgIpc) is 2.90. The minimum absolute atomic E-state index is 0.0589. The zero-order valence-electron chi connectivity index (χ0n) is 12.2. The van der Waals surface area contributed by atoms with Crippen molar-refractivity contribution in [1.82, 2.24) is 0 Å². The van der Waals surface area contributed by atoms with Crippen molar-refractivity contribution < 1.29 is 19.0 Å². The summed E-state index contributed by atoms with van der Waals surface area (Å²) in [5.41, 5.74) is 5.18. The van der Waals surface area contributed by atoms with Crippen molar-refractivity contribution in [2.24, 2.45) is 17.6 Å². The van der Waals surface area contributed by atoms with Crippen molar-refractivity contribution in [3.63, 3.8) is 0 Å². The molecule has 1 saturated heterocycles. The average molecular weight is 303 g/mol. The molecule has 2 aliphatic rings. The van der Waals surface area contributed by atoms with Gasteiger partial charge in [0.2, 0.25) is 0 Å². The molecule has 116 valence electrons. The maximum Gasteiger partial charge on any atom is 0.404 e. The molecule has 2 N–H and O–H groups in total. The van der Waals surface area contributed by atoms with Crippen LogP contribution < -0.4 is 5.73 Å². The molecule has 6 heteroatoms. The van der Waals surface area contributed by atoms with E-state index in [0.717, 1.165) is 25.0 Å². The minimum Gasteiger partial charge on any atom is -0.446 e. The first kappa shape index (κ1) is 15.9. The largest absolute Gasteiger partial charge is 0.446 e. The summed E-state index contributed by atoms with van der Waals surface area (Å²) in [5, 5.41) is 0.573. The Balaban J connectivity index is 1.92. The van der Waals surface area contributed by atoms with Gasteiger partial charge in [-0.3, -0.25) is 0 Å². The molecule has 2 fully saturated rings. The van der Waals surface area contributed by atoms with Crippen molar-refractivity contribution >= 4 is 17.9 Å². The van der Waals surface area contributed by atoms with E-state index < -0.39 is 6.09 Å². The Morgan fingerprint density at radius 3 is 2.65 bits per heavy atom. The lowest BCUT2D eigenvalue weighted by molar-refractivity contribution is -0.107. The first-order valence-electron chi connectivity index (χ1n) is 7.37. The molecule has 1 aliphatic heterocycles. The van der Waals surface area contributed by atoms with Crippen LogP contribution in [0, 0.1) is 11.8 Å². The lowest BCUT2D eigenvalue weighted by atomic mass is 9.80. The molecule has 0 aromatic rings. The summed E-state index contributed by atoms with van der Waals surface area (Å²) >= 11 is 1.90. The Kier molecular flexibility index (Phi) is 5.99. The lowest BCUT2D eigenvalue weighted by Crippen LogP contribution is -2.39. The van der Waals surface area contributed by atoms with E-state index in [-0.39, 0.29) is 12.4 Å². The summed E-state index contributed by atoms with van der Waals surface area (Å²) in [6.07, 6.45) is 1.99. The van der Waals surface area contributed by atoms with Gasteiger partial charge < -0.3 is 19.9 Å². The van der Waals surface area contributed by atoms with Crippen LogP contribution in [-0.2, 0) is 14.2 Å². The van der Waals surface area contributed by atoms with Crippen LogP contribution in [0.25, 0.3) is 0 Å². The highest BCUT2D eigenvalue weighted by Gasteiger charge is 2.38. The van der Waals surface area contributed by atoms with Crippen molar-refractivity contribution in [3.05, 3.63) is 0 Å². The molecule has 1 unspecified atom stereocenters. The fraction of sp³-hybridized carbons (Fsp3) is 0.929. The number of rotatable bonds is 5. The standard InChI is InChI=1S/C14H25NO4S/c1-9(2)20-8-11-7-10(13-17-5-6-18-13)3-4-12(11)19-14(15)16/h9-13H,3-8H2,1-2H3,(H2,15,16)/t10?,11-,12+/m1/s1. The number of carbonyl (C=O) groups excluding carboxylic acids is 1. The molecular formula is C14H25NO4S. The van der Waals surface area contributed by atoms with Crippen molar-refractivity contribution in [3.8, 4) is 0 Å². The van der Waals surface area contributed by atoms with Gasteiger partial charge in [-0.25, -0.2) is 4.79 Å². The summed E-state index contributed by atoms with van der Waals surface area (Å²) in [6, 6.07) is 0. The van der Waals surface area contributed by atoms with E-state index in [0.29, 0.717) is 30.3 Å². The molecule has 0 bridgehead atoms.